The lowest BCUT2D eigenvalue weighted by Crippen LogP contribution is -2.25. The summed E-state index contributed by atoms with van der Waals surface area (Å²) >= 11 is 0. The molecule has 0 saturated heterocycles. The van der Waals surface area contributed by atoms with Crippen LogP contribution >= 0.6 is 0 Å². The highest BCUT2D eigenvalue weighted by atomic mass is 16.5. The molecule has 0 aliphatic carbocycles. The summed E-state index contributed by atoms with van der Waals surface area (Å²) in [5.41, 5.74) is 1.57. The molecular formula is C34H60O2. The van der Waals surface area contributed by atoms with Gasteiger partial charge in [-0.2, -0.15) is 0 Å². The zero-order valence-corrected chi connectivity index (χ0v) is 24.5. The third kappa shape index (κ3) is 18.9. The second-order valence-corrected chi connectivity index (χ2v) is 11.6. The Kier molecular flexibility index (Phi) is 20.8. The zero-order chi connectivity index (χ0) is 26.2. The molecule has 0 aromatic heterocycles. The Morgan fingerprint density at radius 3 is 1.67 bits per heavy atom. The number of rotatable bonds is 25. The molecule has 0 amide bonds. The Bertz CT molecular complexity index is 611. The number of hydrogen-bond donors (Lipinski definition) is 0. The summed E-state index contributed by atoms with van der Waals surface area (Å²) in [6, 6.07) is 10.7. The molecule has 0 aliphatic rings. The van der Waals surface area contributed by atoms with Crippen LogP contribution in [0.25, 0.3) is 0 Å². The Hall–Kier alpha value is -1.31. The molecule has 0 bridgehead atoms. The largest absolute Gasteiger partial charge is 0.465 e. The van der Waals surface area contributed by atoms with E-state index in [-0.39, 0.29) is 11.4 Å². The van der Waals surface area contributed by atoms with Crippen LogP contribution in [-0.2, 0) is 16.0 Å². The normalized spacial score (nSPS) is 13.0. The molecule has 0 fully saturated rings. The number of carbonyl (C=O) groups is 1. The van der Waals surface area contributed by atoms with Crippen LogP contribution in [-0.4, -0.2) is 12.6 Å². The first-order valence-corrected chi connectivity index (χ1v) is 15.8. The third-order valence-electron chi connectivity index (χ3n) is 7.79. The average Bonchev–Trinajstić information content (AvgIpc) is 2.89. The fourth-order valence-corrected chi connectivity index (χ4v) is 5.21. The van der Waals surface area contributed by atoms with Gasteiger partial charge in [-0.3, -0.25) is 4.79 Å². The van der Waals surface area contributed by atoms with E-state index in [0.717, 1.165) is 19.3 Å². The van der Waals surface area contributed by atoms with E-state index in [2.05, 4.69) is 51.1 Å². The predicted molar refractivity (Wildman–Crippen MR) is 158 cm³/mol. The first-order chi connectivity index (χ1) is 17.6. The van der Waals surface area contributed by atoms with E-state index in [1.165, 1.54) is 121 Å². The van der Waals surface area contributed by atoms with Crippen LogP contribution < -0.4 is 0 Å². The van der Waals surface area contributed by atoms with Crippen LogP contribution in [0.1, 0.15) is 161 Å². The highest BCUT2D eigenvalue weighted by molar-refractivity contribution is 5.69. The van der Waals surface area contributed by atoms with Gasteiger partial charge in [-0.15, -0.1) is 0 Å². The van der Waals surface area contributed by atoms with Gasteiger partial charge in [-0.1, -0.05) is 154 Å². The first kappa shape index (κ1) is 32.7. The molecule has 1 aromatic rings. The van der Waals surface area contributed by atoms with Crippen molar-refractivity contribution in [3.63, 3.8) is 0 Å². The summed E-state index contributed by atoms with van der Waals surface area (Å²) in [7, 11) is 0. The number of esters is 1. The molecule has 0 aliphatic heterocycles. The van der Waals surface area contributed by atoms with Gasteiger partial charge in [0.2, 0.25) is 0 Å². The fraction of sp³-hybridized carbons (Fsp3) is 0.794. The van der Waals surface area contributed by atoms with Gasteiger partial charge in [0.1, 0.15) is 0 Å². The second kappa shape index (κ2) is 22.9. The van der Waals surface area contributed by atoms with Crippen molar-refractivity contribution in [1.29, 1.82) is 0 Å². The molecule has 1 atom stereocenters. The summed E-state index contributed by atoms with van der Waals surface area (Å²) in [5, 5.41) is 0. The smallest absolute Gasteiger partial charge is 0.305 e. The third-order valence-corrected chi connectivity index (χ3v) is 7.79. The summed E-state index contributed by atoms with van der Waals surface area (Å²) in [5.74, 6) is 0.0168. The monoisotopic (exact) mass is 500 g/mol. The highest BCUT2D eigenvalue weighted by Gasteiger charge is 2.25. The molecular weight excluding hydrogens is 440 g/mol. The molecule has 0 spiro atoms. The zero-order valence-electron chi connectivity index (χ0n) is 24.5. The SMILES string of the molecule is CCCCCCCCCCC(C)(CCCCCCCC)COC(=O)CCCCCCc1ccccc1. The molecule has 0 N–H and O–H groups in total. The molecule has 2 heteroatoms. The molecule has 1 unspecified atom stereocenters. The van der Waals surface area contributed by atoms with E-state index in [0.29, 0.717) is 13.0 Å². The van der Waals surface area contributed by atoms with Crippen molar-refractivity contribution >= 4 is 5.97 Å². The van der Waals surface area contributed by atoms with E-state index in [9.17, 15) is 4.79 Å². The average molecular weight is 501 g/mol. The Morgan fingerprint density at radius 1 is 0.639 bits per heavy atom. The fourth-order valence-electron chi connectivity index (χ4n) is 5.21. The number of aryl methyl sites for hydroxylation is 1. The minimum atomic E-state index is 0.0168. The minimum Gasteiger partial charge on any atom is -0.465 e. The molecule has 1 rings (SSSR count). The van der Waals surface area contributed by atoms with Gasteiger partial charge >= 0.3 is 5.97 Å². The maximum Gasteiger partial charge on any atom is 0.305 e. The van der Waals surface area contributed by atoms with E-state index >= 15 is 0 Å². The lowest BCUT2D eigenvalue weighted by molar-refractivity contribution is -0.147. The Labute approximate surface area is 225 Å². The van der Waals surface area contributed by atoms with Crippen molar-refractivity contribution in [2.24, 2.45) is 5.41 Å². The minimum absolute atomic E-state index is 0.0168. The topological polar surface area (TPSA) is 26.3 Å². The summed E-state index contributed by atoms with van der Waals surface area (Å²) in [6.07, 6.45) is 27.4. The van der Waals surface area contributed by atoms with Crippen LogP contribution in [0.2, 0.25) is 0 Å². The standard InChI is InChI=1S/C34H60O2/c1-4-6-8-10-12-13-17-24-30-34(3,29-23-16-11-9-7-5-2)31-36-33(35)28-22-15-14-19-25-32-26-20-18-21-27-32/h18,20-21,26-27H,4-17,19,22-25,28-31H2,1-3H3. The highest BCUT2D eigenvalue weighted by Crippen LogP contribution is 2.32. The summed E-state index contributed by atoms with van der Waals surface area (Å²) in [4.78, 5) is 12.5. The van der Waals surface area contributed by atoms with Gasteiger partial charge in [-0.25, -0.2) is 0 Å². The number of unbranched alkanes of at least 4 members (excludes halogenated alkanes) is 15. The van der Waals surface area contributed by atoms with Crippen LogP contribution in [0.3, 0.4) is 0 Å². The molecule has 36 heavy (non-hydrogen) atoms. The maximum absolute atomic E-state index is 12.5. The van der Waals surface area contributed by atoms with Gasteiger partial charge < -0.3 is 4.74 Å². The summed E-state index contributed by atoms with van der Waals surface area (Å²) in [6.45, 7) is 7.55. The van der Waals surface area contributed by atoms with Crippen LogP contribution in [0.5, 0.6) is 0 Å². The maximum atomic E-state index is 12.5. The molecule has 2 nitrogen and oxygen atoms in total. The van der Waals surface area contributed by atoms with Gasteiger partial charge in [0.05, 0.1) is 6.61 Å². The van der Waals surface area contributed by atoms with Crippen molar-refractivity contribution in [2.45, 2.75) is 162 Å². The van der Waals surface area contributed by atoms with Crippen molar-refractivity contribution in [3.05, 3.63) is 35.9 Å². The second-order valence-electron chi connectivity index (χ2n) is 11.6. The lowest BCUT2D eigenvalue weighted by Gasteiger charge is -2.29. The van der Waals surface area contributed by atoms with Crippen LogP contribution in [0.15, 0.2) is 30.3 Å². The molecule has 0 radical (unpaired) electrons. The first-order valence-electron chi connectivity index (χ1n) is 15.8. The van der Waals surface area contributed by atoms with Crippen molar-refractivity contribution in [3.8, 4) is 0 Å². The van der Waals surface area contributed by atoms with Gasteiger partial charge in [-0.05, 0) is 37.7 Å². The summed E-state index contributed by atoms with van der Waals surface area (Å²) < 4.78 is 5.86. The number of benzene rings is 1. The lowest BCUT2D eigenvalue weighted by atomic mass is 9.80. The van der Waals surface area contributed by atoms with Gasteiger partial charge in [0.25, 0.3) is 0 Å². The van der Waals surface area contributed by atoms with Crippen LogP contribution in [0.4, 0.5) is 0 Å². The Morgan fingerprint density at radius 2 is 1.11 bits per heavy atom. The Balaban J connectivity index is 2.25. The number of carbonyl (C=O) groups excluding carboxylic acids is 1. The molecule has 1 aromatic carbocycles. The van der Waals surface area contributed by atoms with Crippen molar-refractivity contribution < 1.29 is 9.53 Å². The van der Waals surface area contributed by atoms with Gasteiger partial charge in [0, 0.05) is 11.8 Å². The quantitative estimate of drug-likeness (QED) is 0.0985. The van der Waals surface area contributed by atoms with Crippen molar-refractivity contribution in [1.82, 2.24) is 0 Å². The van der Waals surface area contributed by atoms with E-state index in [1.54, 1.807) is 0 Å². The predicted octanol–water partition coefficient (Wildman–Crippen LogP) is 11.0. The van der Waals surface area contributed by atoms with Gasteiger partial charge in [0.15, 0.2) is 0 Å². The van der Waals surface area contributed by atoms with E-state index in [4.69, 9.17) is 4.74 Å². The van der Waals surface area contributed by atoms with E-state index < -0.39 is 0 Å². The number of ether oxygens (including phenoxy) is 1. The van der Waals surface area contributed by atoms with E-state index in [1.807, 2.05) is 0 Å². The molecule has 0 saturated carbocycles. The number of hydrogen-bond acceptors (Lipinski definition) is 2. The van der Waals surface area contributed by atoms with Crippen molar-refractivity contribution in [2.75, 3.05) is 6.61 Å². The molecule has 208 valence electrons. The molecule has 0 heterocycles. The van der Waals surface area contributed by atoms with Crippen LogP contribution in [0, 0.1) is 5.41 Å².